The third-order valence-electron chi connectivity index (χ3n) is 5.90. The van der Waals surface area contributed by atoms with Gasteiger partial charge in [0.1, 0.15) is 23.5 Å². The van der Waals surface area contributed by atoms with Crippen molar-refractivity contribution in [2.24, 2.45) is 0 Å². The topological polar surface area (TPSA) is 94.3 Å². The highest BCUT2D eigenvalue weighted by molar-refractivity contribution is 7.89. The number of halogens is 3. The number of imidazole rings is 1. The van der Waals surface area contributed by atoms with Gasteiger partial charge in [-0.25, -0.2) is 17.8 Å². The molecule has 35 heavy (non-hydrogen) atoms. The number of hydrogen-bond acceptors (Lipinski definition) is 6. The van der Waals surface area contributed by atoms with E-state index in [0.29, 0.717) is 33.7 Å². The van der Waals surface area contributed by atoms with E-state index in [1.165, 1.54) is 24.4 Å². The molecule has 5 rings (SSSR count). The number of aliphatic hydroxyl groups excluding tert-OH is 1. The molecule has 0 saturated carbocycles. The van der Waals surface area contributed by atoms with Crippen molar-refractivity contribution in [2.45, 2.75) is 30.9 Å². The zero-order chi connectivity index (χ0) is 24.9. The summed E-state index contributed by atoms with van der Waals surface area (Å²) in [5.41, 5.74) is 2.22. The number of para-hydroxylation sites is 1. The molecule has 1 unspecified atom stereocenters. The van der Waals surface area contributed by atoms with Crippen LogP contribution >= 0.6 is 0 Å². The molecular formula is C24H20F3N3O4S. The summed E-state index contributed by atoms with van der Waals surface area (Å²) < 4.78 is 70.4. The Hall–Kier alpha value is -3.44. The largest absolute Gasteiger partial charge is 0.434 e. The Bertz CT molecular complexity index is 1520. The van der Waals surface area contributed by atoms with E-state index in [1.54, 1.807) is 34.9 Å². The van der Waals surface area contributed by atoms with Gasteiger partial charge in [-0.2, -0.15) is 8.78 Å². The van der Waals surface area contributed by atoms with Crippen molar-refractivity contribution >= 4 is 20.9 Å². The Morgan fingerprint density at radius 2 is 1.97 bits per heavy atom. The molecule has 182 valence electrons. The van der Waals surface area contributed by atoms with Gasteiger partial charge in [0.15, 0.2) is 9.84 Å². The van der Waals surface area contributed by atoms with E-state index in [-0.39, 0.29) is 23.5 Å². The van der Waals surface area contributed by atoms with E-state index in [2.05, 4.69) is 9.97 Å². The van der Waals surface area contributed by atoms with Gasteiger partial charge in [0.05, 0.1) is 28.5 Å². The highest BCUT2D eigenvalue weighted by atomic mass is 32.2. The summed E-state index contributed by atoms with van der Waals surface area (Å²) >= 11 is 0. The highest BCUT2D eigenvalue weighted by Gasteiger charge is 2.36. The van der Waals surface area contributed by atoms with Gasteiger partial charge in [0.2, 0.25) is 0 Å². The van der Waals surface area contributed by atoms with Crippen LogP contribution in [0.3, 0.4) is 0 Å². The zero-order valence-electron chi connectivity index (χ0n) is 18.4. The number of sulfone groups is 1. The first-order valence-corrected chi connectivity index (χ1v) is 12.7. The van der Waals surface area contributed by atoms with Crippen LogP contribution in [-0.2, 0) is 15.6 Å². The quantitative estimate of drug-likeness (QED) is 0.419. The van der Waals surface area contributed by atoms with E-state index in [1.807, 2.05) is 0 Å². The third kappa shape index (κ3) is 4.48. The number of nitrogens with zero attached hydrogens (tertiary/aromatic N) is 3. The zero-order valence-corrected chi connectivity index (χ0v) is 19.2. The van der Waals surface area contributed by atoms with Crippen molar-refractivity contribution in [3.8, 4) is 16.9 Å². The summed E-state index contributed by atoms with van der Waals surface area (Å²) in [6, 6.07) is 11.7. The molecule has 2 aromatic carbocycles. The maximum absolute atomic E-state index is 15.0. The third-order valence-corrected chi connectivity index (χ3v) is 6.72. The maximum Gasteiger partial charge on any atom is 0.387 e. The predicted octanol–water partition coefficient (Wildman–Crippen LogP) is 4.41. The Morgan fingerprint density at radius 1 is 1.20 bits per heavy atom. The van der Waals surface area contributed by atoms with Gasteiger partial charge in [-0.05, 0) is 18.2 Å². The second-order valence-corrected chi connectivity index (χ2v) is 10.6. The molecule has 4 aromatic rings. The minimum absolute atomic E-state index is 0.0117. The molecule has 0 amide bonds. The van der Waals surface area contributed by atoms with Crippen molar-refractivity contribution < 1.29 is 31.4 Å². The number of benzene rings is 2. The van der Waals surface area contributed by atoms with E-state index in [9.17, 15) is 22.3 Å². The van der Waals surface area contributed by atoms with Crippen molar-refractivity contribution in [3.05, 3.63) is 77.6 Å². The summed E-state index contributed by atoms with van der Waals surface area (Å²) in [7, 11) is -3.27. The standard InChI is InChI=1S/C24H20F3N3O4S/c1-35(32,33)12-14-7-6-13(11-28-14)16-8-20-18(9-17(16)25)29-23-21(31)10-19(30(20)23)15-4-2-3-5-22(15)34-24(26)27/h2-9,11,19,21,24,31H,10,12H2,1H3/t19-,21?/m0/s1. The average molecular weight is 504 g/mol. The van der Waals surface area contributed by atoms with Crippen molar-refractivity contribution in [1.82, 2.24) is 14.5 Å². The molecule has 2 aromatic heterocycles. The number of rotatable bonds is 6. The lowest BCUT2D eigenvalue weighted by molar-refractivity contribution is -0.0507. The second kappa shape index (κ2) is 8.65. The number of alkyl halides is 2. The molecule has 0 fully saturated rings. The van der Waals surface area contributed by atoms with Crippen LogP contribution in [0.2, 0.25) is 0 Å². The predicted molar refractivity (Wildman–Crippen MR) is 122 cm³/mol. The minimum Gasteiger partial charge on any atom is -0.434 e. The second-order valence-electron chi connectivity index (χ2n) is 8.45. The van der Waals surface area contributed by atoms with Gasteiger partial charge in [0.25, 0.3) is 0 Å². The SMILES string of the molecule is CS(=O)(=O)Cc1ccc(-c2cc3c(cc2F)nc2n3[C@H](c3ccccc3OC(F)F)CC2O)cn1. The molecule has 1 N–H and O–H groups in total. The van der Waals surface area contributed by atoms with Crippen molar-refractivity contribution in [3.63, 3.8) is 0 Å². The molecule has 0 aliphatic carbocycles. The normalized spacial score (nSPS) is 17.8. The summed E-state index contributed by atoms with van der Waals surface area (Å²) in [5.74, 6) is -0.512. The first kappa shape index (κ1) is 23.3. The van der Waals surface area contributed by atoms with E-state index < -0.39 is 34.4 Å². The lowest BCUT2D eigenvalue weighted by Crippen LogP contribution is -2.10. The Morgan fingerprint density at radius 3 is 2.66 bits per heavy atom. The molecule has 11 heteroatoms. The maximum atomic E-state index is 15.0. The fourth-order valence-corrected chi connectivity index (χ4v) is 5.21. The lowest BCUT2D eigenvalue weighted by atomic mass is 10.0. The highest BCUT2D eigenvalue weighted by Crippen LogP contribution is 2.44. The van der Waals surface area contributed by atoms with Crippen LogP contribution in [0.5, 0.6) is 5.75 Å². The van der Waals surface area contributed by atoms with Crippen LogP contribution < -0.4 is 4.74 Å². The van der Waals surface area contributed by atoms with Crippen LogP contribution in [0.25, 0.3) is 22.2 Å². The summed E-state index contributed by atoms with van der Waals surface area (Å²) in [6.07, 6.45) is 1.71. The van der Waals surface area contributed by atoms with Crippen LogP contribution in [0.1, 0.15) is 35.6 Å². The summed E-state index contributed by atoms with van der Waals surface area (Å²) in [6.45, 7) is -3.01. The van der Waals surface area contributed by atoms with Gasteiger partial charge in [-0.3, -0.25) is 4.98 Å². The molecule has 2 atom stereocenters. The number of fused-ring (bicyclic) bond motifs is 3. The molecule has 1 aliphatic heterocycles. The van der Waals surface area contributed by atoms with E-state index >= 15 is 4.39 Å². The smallest absolute Gasteiger partial charge is 0.387 e. The molecule has 7 nitrogen and oxygen atoms in total. The van der Waals surface area contributed by atoms with Crippen molar-refractivity contribution in [1.29, 1.82) is 0 Å². The lowest BCUT2D eigenvalue weighted by Gasteiger charge is -2.19. The molecule has 0 bridgehead atoms. The van der Waals surface area contributed by atoms with E-state index in [0.717, 1.165) is 6.26 Å². The molecule has 1 aliphatic rings. The van der Waals surface area contributed by atoms with Crippen LogP contribution in [-0.4, -0.2) is 40.9 Å². The summed E-state index contributed by atoms with van der Waals surface area (Å²) in [5, 5.41) is 10.6. The first-order chi connectivity index (χ1) is 16.6. The minimum atomic E-state index is -3.27. The summed E-state index contributed by atoms with van der Waals surface area (Å²) in [4.78, 5) is 8.53. The van der Waals surface area contributed by atoms with Gasteiger partial charge in [-0.15, -0.1) is 0 Å². The van der Waals surface area contributed by atoms with Gasteiger partial charge in [0, 0.05) is 41.6 Å². The van der Waals surface area contributed by atoms with Gasteiger partial charge >= 0.3 is 6.61 Å². The molecule has 0 spiro atoms. The van der Waals surface area contributed by atoms with Crippen LogP contribution in [0, 0.1) is 5.82 Å². The van der Waals surface area contributed by atoms with Crippen LogP contribution in [0.4, 0.5) is 13.2 Å². The fourth-order valence-electron chi connectivity index (χ4n) is 4.50. The molecule has 3 heterocycles. The molecule has 0 radical (unpaired) electrons. The Kier molecular flexibility index (Phi) is 5.76. The van der Waals surface area contributed by atoms with Gasteiger partial charge in [-0.1, -0.05) is 24.3 Å². The first-order valence-electron chi connectivity index (χ1n) is 10.7. The molecule has 0 saturated heterocycles. The van der Waals surface area contributed by atoms with Crippen molar-refractivity contribution in [2.75, 3.05) is 6.26 Å². The van der Waals surface area contributed by atoms with E-state index in [4.69, 9.17) is 4.74 Å². The number of ether oxygens (including phenoxy) is 1. The molecular weight excluding hydrogens is 483 g/mol. The average Bonchev–Trinajstić information content (AvgIpc) is 3.29. The number of aromatic nitrogens is 3. The number of pyridine rings is 1. The monoisotopic (exact) mass is 503 g/mol. The van der Waals surface area contributed by atoms with Crippen LogP contribution in [0.15, 0.2) is 54.7 Å². The number of hydrogen-bond donors (Lipinski definition) is 1. The Labute approximate surface area is 198 Å². The number of aliphatic hydroxyl groups is 1. The van der Waals surface area contributed by atoms with Gasteiger partial charge < -0.3 is 14.4 Å². The Balaban J connectivity index is 1.61. The fraction of sp³-hybridized carbons (Fsp3) is 0.250.